The van der Waals surface area contributed by atoms with Crippen molar-refractivity contribution in [1.29, 1.82) is 0 Å². The Hall–Kier alpha value is -1.13. The van der Waals surface area contributed by atoms with Crippen molar-refractivity contribution < 1.29 is 4.79 Å². The first-order valence-electron chi connectivity index (χ1n) is 5.91. The van der Waals surface area contributed by atoms with E-state index in [2.05, 4.69) is 0 Å². The third-order valence-corrected chi connectivity index (χ3v) is 4.02. The molecule has 0 aromatic carbocycles. The van der Waals surface area contributed by atoms with Crippen LogP contribution in [0, 0.1) is 5.92 Å². The minimum atomic E-state index is 0.0424. The topological polar surface area (TPSA) is 46.3 Å². The van der Waals surface area contributed by atoms with Crippen LogP contribution in [0.5, 0.6) is 0 Å². The van der Waals surface area contributed by atoms with Gasteiger partial charge in [-0.15, -0.1) is 11.3 Å². The molecule has 17 heavy (non-hydrogen) atoms. The molecule has 4 heteroatoms. The average molecular weight is 250 g/mol. The van der Waals surface area contributed by atoms with Gasteiger partial charge in [0.25, 0.3) is 0 Å². The van der Waals surface area contributed by atoms with Gasteiger partial charge in [0.05, 0.1) is 0 Å². The summed E-state index contributed by atoms with van der Waals surface area (Å²) < 4.78 is 0. The highest BCUT2D eigenvalue weighted by Gasteiger charge is 2.34. The Bertz CT molecular complexity index is 396. The highest BCUT2D eigenvalue weighted by molar-refractivity contribution is 7.10. The second kappa shape index (κ2) is 5.47. The lowest BCUT2D eigenvalue weighted by Gasteiger charge is -2.25. The quantitative estimate of drug-likeness (QED) is 0.812. The lowest BCUT2D eigenvalue weighted by molar-refractivity contribution is -0.126. The Kier molecular flexibility index (Phi) is 3.97. The number of hydrogen-bond donors (Lipinski definition) is 1. The predicted molar refractivity (Wildman–Crippen MR) is 71.7 cm³/mol. The molecule has 92 valence electrons. The Labute approximate surface area is 106 Å². The van der Waals surface area contributed by atoms with Gasteiger partial charge in [-0.2, -0.15) is 0 Å². The normalized spacial score (nSPS) is 17.3. The van der Waals surface area contributed by atoms with E-state index in [1.54, 1.807) is 22.3 Å². The zero-order chi connectivity index (χ0) is 12.3. The van der Waals surface area contributed by atoms with Gasteiger partial charge in [0.2, 0.25) is 5.91 Å². The molecule has 1 unspecified atom stereocenters. The number of carbonyl (C=O) groups excluding carboxylic acids is 1. The second-order valence-electron chi connectivity index (χ2n) is 4.44. The van der Waals surface area contributed by atoms with Crippen molar-refractivity contribution >= 4 is 23.3 Å². The molecule has 1 amide bonds. The molecule has 0 aliphatic heterocycles. The number of carbonyl (C=O) groups is 1. The smallest absolute Gasteiger partial charge is 0.246 e. The number of amides is 1. The molecule has 2 rings (SSSR count). The van der Waals surface area contributed by atoms with E-state index in [0.29, 0.717) is 12.5 Å². The van der Waals surface area contributed by atoms with E-state index in [4.69, 9.17) is 5.73 Å². The molecule has 1 aromatic heterocycles. The Morgan fingerprint density at radius 3 is 3.00 bits per heavy atom. The minimum absolute atomic E-state index is 0.0424. The lowest BCUT2D eigenvalue weighted by atomic mass is 10.1. The number of likely N-dealkylation sites (N-methyl/N-ethyl adjacent to an activating group) is 1. The van der Waals surface area contributed by atoms with Crippen molar-refractivity contribution in [1.82, 2.24) is 4.90 Å². The summed E-state index contributed by atoms with van der Waals surface area (Å²) in [6.07, 6.45) is 5.91. The van der Waals surface area contributed by atoms with Crippen molar-refractivity contribution in [3.05, 3.63) is 28.5 Å². The maximum Gasteiger partial charge on any atom is 0.246 e. The average Bonchev–Trinajstić information content (AvgIpc) is 3.03. The fourth-order valence-corrected chi connectivity index (χ4v) is 2.59. The van der Waals surface area contributed by atoms with Crippen LogP contribution >= 0.6 is 11.3 Å². The molecule has 1 fully saturated rings. The van der Waals surface area contributed by atoms with Crippen molar-refractivity contribution in [2.45, 2.75) is 18.9 Å². The molecule has 0 radical (unpaired) electrons. The molecule has 0 spiro atoms. The molecule has 0 bridgehead atoms. The molecule has 1 saturated carbocycles. The summed E-state index contributed by atoms with van der Waals surface area (Å²) in [5.74, 6) is 0.657. The SMILES string of the molecule is CN(C(=O)/C=C/c1cccs1)C(CN)C1CC1. The van der Waals surface area contributed by atoms with Crippen LogP contribution in [0.3, 0.4) is 0 Å². The number of rotatable bonds is 5. The van der Waals surface area contributed by atoms with Crippen molar-refractivity contribution in [3.8, 4) is 0 Å². The van der Waals surface area contributed by atoms with Crippen LogP contribution in [-0.4, -0.2) is 30.4 Å². The molecule has 1 aliphatic carbocycles. The maximum absolute atomic E-state index is 12.0. The zero-order valence-corrected chi connectivity index (χ0v) is 10.8. The van der Waals surface area contributed by atoms with E-state index in [0.717, 1.165) is 4.88 Å². The Balaban J connectivity index is 1.94. The molecule has 3 nitrogen and oxygen atoms in total. The first kappa shape index (κ1) is 12.3. The molecular formula is C13H18N2OS. The van der Waals surface area contributed by atoms with Crippen LogP contribution in [-0.2, 0) is 4.79 Å². The fraction of sp³-hybridized carbons (Fsp3) is 0.462. The molecule has 0 saturated heterocycles. The summed E-state index contributed by atoms with van der Waals surface area (Å²) in [6, 6.07) is 4.18. The van der Waals surface area contributed by atoms with Gasteiger partial charge in [0.15, 0.2) is 0 Å². The first-order valence-corrected chi connectivity index (χ1v) is 6.78. The lowest BCUT2D eigenvalue weighted by Crippen LogP contribution is -2.42. The Morgan fingerprint density at radius 2 is 2.47 bits per heavy atom. The van der Waals surface area contributed by atoms with Gasteiger partial charge in [-0.1, -0.05) is 6.07 Å². The van der Waals surface area contributed by atoms with E-state index >= 15 is 0 Å². The number of hydrogen-bond acceptors (Lipinski definition) is 3. The van der Waals surface area contributed by atoms with Crippen molar-refractivity contribution in [2.75, 3.05) is 13.6 Å². The Morgan fingerprint density at radius 1 is 1.71 bits per heavy atom. The van der Waals surface area contributed by atoms with E-state index in [1.807, 2.05) is 30.6 Å². The summed E-state index contributed by atoms with van der Waals surface area (Å²) >= 11 is 1.63. The zero-order valence-electron chi connectivity index (χ0n) is 10.0. The van der Waals surface area contributed by atoms with Gasteiger partial charge in [-0.05, 0) is 36.3 Å². The van der Waals surface area contributed by atoms with Gasteiger partial charge < -0.3 is 10.6 Å². The summed E-state index contributed by atoms with van der Waals surface area (Å²) in [6.45, 7) is 0.555. The van der Waals surface area contributed by atoms with Crippen LogP contribution in [0.15, 0.2) is 23.6 Å². The summed E-state index contributed by atoms with van der Waals surface area (Å²) in [5, 5.41) is 2.00. The summed E-state index contributed by atoms with van der Waals surface area (Å²) in [5.41, 5.74) is 5.73. The number of nitrogens with two attached hydrogens (primary N) is 1. The van der Waals surface area contributed by atoms with Crippen LogP contribution in [0.2, 0.25) is 0 Å². The first-order chi connectivity index (χ1) is 8.22. The highest BCUT2D eigenvalue weighted by atomic mass is 32.1. The minimum Gasteiger partial charge on any atom is -0.338 e. The summed E-state index contributed by atoms with van der Waals surface area (Å²) in [4.78, 5) is 14.8. The highest BCUT2D eigenvalue weighted by Crippen LogP contribution is 2.34. The third kappa shape index (κ3) is 3.17. The largest absolute Gasteiger partial charge is 0.338 e. The van der Waals surface area contributed by atoms with E-state index in [1.165, 1.54) is 12.8 Å². The van der Waals surface area contributed by atoms with Crippen LogP contribution in [0.4, 0.5) is 0 Å². The van der Waals surface area contributed by atoms with Crippen LogP contribution in [0.25, 0.3) is 6.08 Å². The van der Waals surface area contributed by atoms with Gasteiger partial charge in [-0.25, -0.2) is 0 Å². The van der Waals surface area contributed by atoms with Gasteiger partial charge in [0.1, 0.15) is 0 Å². The van der Waals surface area contributed by atoms with Crippen molar-refractivity contribution in [3.63, 3.8) is 0 Å². The third-order valence-electron chi connectivity index (χ3n) is 3.19. The fourth-order valence-electron chi connectivity index (χ4n) is 1.97. The van der Waals surface area contributed by atoms with Gasteiger partial charge in [-0.3, -0.25) is 4.79 Å². The van der Waals surface area contributed by atoms with Crippen LogP contribution in [0.1, 0.15) is 17.7 Å². The second-order valence-corrected chi connectivity index (χ2v) is 5.42. The van der Waals surface area contributed by atoms with Crippen LogP contribution < -0.4 is 5.73 Å². The van der Waals surface area contributed by atoms with E-state index < -0.39 is 0 Å². The molecule has 2 N–H and O–H groups in total. The van der Waals surface area contributed by atoms with E-state index in [9.17, 15) is 4.79 Å². The molecule has 1 aromatic rings. The van der Waals surface area contributed by atoms with Gasteiger partial charge in [0, 0.05) is 30.6 Å². The van der Waals surface area contributed by atoms with Crippen molar-refractivity contribution in [2.24, 2.45) is 11.7 Å². The molecule has 1 aliphatic rings. The molecule has 1 heterocycles. The number of nitrogens with zero attached hydrogens (tertiary/aromatic N) is 1. The monoisotopic (exact) mass is 250 g/mol. The molecular weight excluding hydrogens is 232 g/mol. The van der Waals surface area contributed by atoms with E-state index in [-0.39, 0.29) is 11.9 Å². The predicted octanol–water partition coefficient (Wildman–Crippen LogP) is 1.96. The molecule has 1 atom stereocenters. The maximum atomic E-state index is 12.0. The summed E-state index contributed by atoms with van der Waals surface area (Å²) in [7, 11) is 1.84. The standard InChI is InChI=1S/C13H18N2OS/c1-15(12(9-14)10-4-5-10)13(16)7-6-11-3-2-8-17-11/h2-3,6-8,10,12H,4-5,9,14H2,1H3/b7-6+. The number of thiophene rings is 1. The van der Waals surface area contributed by atoms with Gasteiger partial charge >= 0.3 is 0 Å².